The zero-order chi connectivity index (χ0) is 20.4. The van der Waals surface area contributed by atoms with Gasteiger partial charge in [0.2, 0.25) is 5.91 Å². The van der Waals surface area contributed by atoms with E-state index in [1.165, 1.54) is 18.2 Å². The second-order valence-corrected chi connectivity index (χ2v) is 7.73. The van der Waals surface area contributed by atoms with Crippen LogP contribution in [-0.4, -0.2) is 29.0 Å². The van der Waals surface area contributed by atoms with Crippen LogP contribution in [0.15, 0.2) is 36.4 Å². The Labute approximate surface area is 173 Å². The molecule has 0 bridgehead atoms. The summed E-state index contributed by atoms with van der Waals surface area (Å²) in [6, 6.07) is 10.1. The van der Waals surface area contributed by atoms with E-state index in [-0.39, 0.29) is 23.9 Å². The van der Waals surface area contributed by atoms with Crippen molar-refractivity contribution in [2.75, 3.05) is 18.0 Å². The van der Waals surface area contributed by atoms with Gasteiger partial charge in [-0.3, -0.25) is 4.79 Å². The molecular formula is C22H22ClFN4O. The molecule has 5 nitrogen and oxygen atoms in total. The number of nitrogens with zero attached hydrogens (tertiary/aromatic N) is 3. The van der Waals surface area contributed by atoms with Crippen molar-refractivity contribution in [3.8, 4) is 0 Å². The van der Waals surface area contributed by atoms with Crippen molar-refractivity contribution in [1.29, 1.82) is 0 Å². The van der Waals surface area contributed by atoms with E-state index in [0.29, 0.717) is 11.4 Å². The molecule has 1 aromatic heterocycles. The molecule has 0 aliphatic carbocycles. The molecule has 1 fully saturated rings. The summed E-state index contributed by atoms with van der Waals surface area (Å²) in [5, 5.41) is 4.14. The average molecular weight is 413 g/mol. The maximum Gasteiger partial charge on any atom is 0.224 e. The molecule has 0 unspecified atom stereocenters. The lowest BCUT2D eigenvalue weighted by molar-refractivity contribution is -0.120. The van der Waals surface area contributed by atoms with Crippen LogP contribution in [0.3, 0.4) is 0 Å². The quantitative estimate of drug-likeness (QED) is 0.682. The maximum atomic E-state index is 13.2. The largest absolute Gasteiger partial charge is 0.356 e. The highest BCUT2D eigenvalue weighted by atomic mass is 35.5. The van der Waals surface area contributed by atoms with E-state index in [4.69, 9.17) is 16.6 Å². The van der Waals surface area contributed by atoms with Crippen molar-refractivity contribution in [2.45, 2.75) is 32.7 Å². The molecule has 1 N–H and O–H groups in total. The minimum Gasteiger partial charge on any atom is -0.356 e. The number of rotatable bonds is 5. The van der Waals surface area contributed by atoms with Gasteiger partial charge >= 0.3 is 0 Å². The molecule has 0 saturated carbocycles. The lowest BCUT2D eigenvalue weighted by atomic mass is 10.1. The Hall–Kier alpha value is -2.73. The zero-order valence-electron chi connectivity index (χ0n) is 16.2. The van der Waals surface area contributed by atoms with E-state index in [1.54, 1.807) is 0 Å². The predicted octanol–water partition coefficient (Wildman–Crippen LogP) is 4.19. The molecule has 0 spiro atoms. The number of carbonyl (C=O) groups is 1. The Morgan fingerprint density at radius 2 is 2.00 bits per heavy atom. The first-order chi connectivity index (χ1) is 14.0. The van der Waals surface area contributed by atoms with Crippen molar-refractivity contribution >= 4 is 34.2 Å². The summed E-state index contributed by atoms with van der Waals surface area (Å²) >= 11 is 6.02. The van der Waals surface area contributed by atoms with Crippen molar-refractivity contribution in [2.24, 2.45) is 0 Å². The summed E-state index contributed by atoms with van der Waals surface area (Å²) in [7, 11) is 0. The standard InChI is InChI=1S/C22H22ClFN4O/c1-14-5-4-6-17-21(14)26-19(27-22(17)28-9-2-3-10-28)13-25-20(29)11-15-7-8-16(24)12-18(15)23/h4-8,12H,2-3,9-11,13H2,1H3,(H,25,29). The summed E-state index contributed by atoms with van der Waals surface area (Å²) in [6.07, 6.45) is 2.38. The van der Waals surface area contributed by atoms with Gasteiger partial charge in [-0.1, -0.05) is 29.8 Å². The van der Waals surface area contributed by atoms with Crippen LogP contribution in [0.5, 0.6) is 0 Å². The second kappa shape index (κ2) is 8.33. The van der Waals surface area contributed by atoms with Gasteiger partial charge in [-0.25, -0.2) is 14.4 Å². The molecular weight excluding hydrogens is 391 g/mol. The van der Waals surface area contributed by atoms with Crippen molar-refractivity contribution in [3.05, 3.63) is 64.2 Å². The number of nitrogens with one attached hydrogen (secondary N) is 1. The molecule has 2 heterocycles. The average Bonchev–Trinajstić information content (AvgIpc) is 3.23. The Balaban J connectivity index is 1.54. The number of hydrogen-bond donors (Lipinski definition) is 1. The number of benzene rings is 2. The number of fused-ring (bicyclic) bond motifs is 1. The number of aromatic nitrogens is 2. The smallest absolute Gasteiger partial charge is 0.224 e. The Morgan fingerprint density at radius 3 is 2.76 bits per heavy atom. The lowest BCUT2D eigenvalue weighted by Crippen LogP contribution is -2.27. The summed E-state index contributed by atoms with van der Waals surface area (Å²) in [5.74, 6) is 0.873. The van der Waals surface area contributed by atoms with E-state index in [9.17, 15) is 9.18 Å². The Bertz CT molecular complexity index is 1070. The summed E-state index contributed by atoms with van der Waals surface area (Å²) < 4.78 is 13.2. The monoisotopic (exact) mass is 412 g/mol. The number of amides is 1. The van der Waals surface area contributed by atoms with E-state index in [1.807, 2.05) is 19.1 Å². The van der Waals surface area contributed by atoms with Gasteiger partial charge in [0.25, 0.3) is 0 Å². The predicted molar refractivity (Wildman–Crippen MR) is 113 cm³/mol. The summed E-state index contributed by atoms with van der Waals surface area (Å²) in [5.41, 5.74) is 2.57. The first-order valence-electron chi connectivity index (χ1n) is 9.73. The Kier molecular flexibility index (Phi) is 5.62. The third kappa shape index (κ3) is 4.32. The second-order valence-electron chi connectivity index (χ2n) is 7.32. The summed E-state index contributed by atoms with van der Waals surface area (Å²) in [6.45, 7) is 4.22. The maximum absolute atomic E-state index is 13.2. The van der Waals surface area contributed by atoms with Crippen LogP contribution in [0, 0.1) is 12.7 Å². The number of halogens is 2. The normalized spacial score (nSPS) is 13.8. The van der Waals surface area contributed by atoms with Crippen LogP contribution in [0.2, 0.25) is 5.02 Å². The van der Waals surface area contributed by atoms with Crippen LogP contribution in [0.1, 0.15) is 29.8 Å². The van der Waals surface area contributed by atoms with Crippen molar-refractivity contribution in [1.82, 2.24) is 15.3 Å². The molecule has 3 aromatic rings. The number of carbonyl (C=O) groups excluding carboxylic acids is 1. The number of para-hydroxylation sites is 1. The fraction of sp³-hybridized carbons (Fsp3) is 0.318. The fourth-order valence-corrected chi connectivity index (χ4v) is 3.89. The molecule has 1 aliphatic rings. The van der Waals surface area contributed by atoms with Crippen LogP contribution in [-0.2, 0) is 17.8 Å². The van der Waals surface area contributed by atoms with E-state index >= 15 is 0 Å². The van der Waals surface area contributed by atoms with E-state index < -0.39 is 5.82 Å². The number of aryl methyl sites for hydroxylation is 1. The van der Waals surface area contributed by atoms with Gasteiger partial charge < -0.3 is 10.2 Å². The molecule has 2 aromatic carbocycles. The third-order valence-electron chi connectivity index (χ3n) is 5.17. The summed E-state index contributed by atoms with van der Waals surface area (Å²) in [4.78, 5) is 24.1. The molecule has 4 rings (SSSR count). The fourth-order valence-electron chi connectivity index (χ4n) is 3.65. The highest BCUT2D eigenvalue weighted by Gasteiger charge is 2.19. The SMILES string of the molecule is Cc1cccc2c(N3CCCC3)nc(CNC(=O)Cc3ccc(F)cc3Cl)nc12. The topological polar surface area (TPSA) is 58.1 Å². The molecule has 1 aliphatic heterocycles. The molecule has 1 saturated heterocycles. The van der Waals surface area contributed by atoms with Crippen molar-refractivity contribution in [3.63, 3.8) is 0 Å². The molecule has 0 atom stereocenters. The molecule has 0 radical (unpaired) electrons. The number of anilines is 1. The van der Waals surface area contributed by atoms with Crippen LogP contribution in [0.25, 0.3) is 10.9 Å². The van der Waals surface area contributed by atoms with Crippen molar-refractivity contribution < 1.29 is 9.18 Å². The van der Waals surface area contributed by atoms with Gasteiger partial charge in [0.15, 0.2) is 5.82 Å². The van der Waals surface area contributed by atoms with E-state index in [0.717, 1.165) is 48.2 Å². The van der Waals surface area contributed by atoms with Gasteiger partial charge in [-0.2, -0.15) is 0 Å². The van der Waals surface area contributed by atoms with Crippen LogP contribution >= 0.6 is 11.6 Å². The highest BCUT2D eigenvalue weighted by Crippen LogP contribution is 2.28. The molecule has 7 heteroatoms. The zero-order valence-corrected chi connectivity index (χ0v) is 17.0. The minimum atomic E-state index is -0.423. The minimum absolute atomic E-state index is 0.0741. The molecule has 1 amide bonds. The molecule has 150 valence electrons. The van der Waals surface area contributed by atoms with Crippen LogP contribution < -0.4 is 10.2 Å². The first kappa shape index (κ1) is 19.6. The highest BCUT2D eigenvalue weighted by molar-refractivity contribution is 6.31. The Morgan fingerprint density at radius 1 is 1.21 bits per heavy atom. The van der Waals surface area contributed by atoms with Crippen LogP contribution in [0.4, 0.5) is 10.2 Å². The van der Waals surface area contributed by atoms with Gasteiger partial charge in [0.05, 0.1) is 18.5 Å². The number of hydrogen-bond acceptors (Lipinski definition) is 4. The van der Waals surface area contributed by atoms with E-state index in [2.05, 4.69) is 21.3 Å². The van der Waals surface area contributed by atoms with Gasteiger partial charge in [-0.05, 0) is 49.1 Å². The lowest BCUT2D eigenvalue weighted by Gasteiger charge is -2.20. The van der Waals surface area contributed by atoms with Gasteiger partial charge in [-0.15, -0.1) is 0 Å². The first-order valence-corrected chi connectivity index (χ1v) is 10.1. The third-order valence-corrected chi connectivity index (χ3v) is 5.52. The van der Waals surface area contributed by atoms with Gasteiger partial charge in [0.1, 0.15) is 11.6 Å². The molecule has 29 heavy (non-hydrogen) atoms. The van der Waals surface area contributed by atoms with Gasteiger partial charge in [0, 0.05) is 23.5 Å².